The Kier molecular flexibility index (Phi) is 4.53. The van der Waals surface area contributed by atoms with Crippen molar-refractivity contribution in [1.82, 2.24) is 0 Å². The lowest BCUT2D eigenvalue weighted by molar-refractivity contribution is 0.0534. The Morgan fingerprint density at radius 3 is 2.52 bits per heavy atom. The average Bonchev–Trinajstić information content (AvgIpc) is 2.80. The van der Waals surface area contributed by atoms with E-state index in [1.54, 1.807) is 25.1 Å². The van der Waals surface area contributed by atoms with Gasteiger partial charge in [0.05, 0.1) is 18.6 Å². The van der Waals surface area contributed by atoms with Gasteiger partial charge in [0.1, 0.15) is 14.8 Å². The van der Waals surface area contributed by atoms with Crippen LogP contribution in [-0.2, 0) is 14.6 Å². The second kappa shape index (κ2) is 6.03. The summed E-state index contributed by atoms with van der Waals surface area (Å²) in [6.07, 6.45) is 1.12. The fourth-order valence-corrected chi connectivity index (χ4v) is 4.37. The molecule has 0 amide bonds. The first-order valence-corrected chi connectivity index (χ1v) is 9.16. The van der Waals surface area contributed by atoms with Crippen molar-refractivity contribution in [1.29, 1.82) is 0 Å². The van der Waals surface area contributed by atoms with E-state index in [-0.39, 0.29) is 15.7 Å². The molecule has 0 saturated heterocycles. The Labute approximate surface area is 127 Å². The highest BCUT2D eigenvalue weighted by Crippen LogP contribution is 2.40. The van der Waals surface area contributed by atoms with Crippen molar-refractivity contribution in [3.8, 4) is 5.75 Å². The quantitative estimate of drug-likeness (QED) is 0.789. The van der Waals surface area contributed by atoms with Crippen LogP contribution in [0.5, 0.6) is 5.75 Å². The lowest BCUT2D eigenvalue weighted by atomic mass is 10.1. The van der Waals surface area contributed by atoms with E-state index in [1.807, 2.05) is 6.92 Å². The van der Waals surface area contributed by atoms with Crippen molar-refractivity contribution in [2.45, 2.75) is 18.1 Å². The van der Waals surface area contributed by atoms with Crippen LogP contribution >= 0.6 is 11.3 Å². The highest BCUT2D eigenvalue weighted by atomic mass is 32.2. The first-order chi connectivity index (χ1) is 9.90. The van der Waals surface area contributed by atoms with E-state index >= 15 is 0 Å². The number of ether oxygens (including phenoxy) is 2. The Hall–Kier alpha value is -1.60. The third-order valence-electron chi connectivity index (χ3n) is 2.77. The molecule has 0 aliphatic heterocycles. The molecule has 0 spiro atoms. The van der Waals surface area contributed by atoms with Crippen molar-refractivity contribution in [3.63, 3.8) is 0 Å². The third-order valence-corrected chi connectivity index (χ3v) is 5.78. The zero-order valence-corrected chi connectivity index (χ0v) is 13.6. The smallest absolute Gasteiger partial charge is 0.348 e. The molecule has 0 bridgehead atoms. The zero-order chi connectivity index (χ0) is 15.6. The van der Waals surface area contributed by atoms with Gasteiger partial charge in [-0.3, -0.25) is 0 Å². The average molecular weight is 328 g/mol. The molecule has 0 aliphatic rings. The van der Waals surface area contributed by atoms with Crippen molar-refractivity contribution in [3.05, 3.63) is 23.1 Å². The Morgan fingerprint density at radius 1 is 1.24 bits per heavy atom. The number of fused-ring (bicyclic) bond motifs is 1. The van der Waals surface area contributed by atoms with Crippen LogP contribution in [0, 0.1) is 0 Å². The molecule has 2 rings (SSSR count). The molecule has 21 heavy (non-hydrogen) atoms. The van der Waals surface area contributed by atoms with Gasteiger partial charge in [0.2, 0.25) is 0 Å². The van der Waals surface area contributed by atoms with E-state index in [4.69, 9.17) is 9.47 Å². The molecule has 5 nitrogen and oxygen atoms in total. The summed E-state index contributed by atoms with van der Waals surface area (Å²) in [5, 5.41) is 1.000. The summed E-state index contributed by atoms with van der Waals surface area (Å²) in [6.45, 7) is 4.17. The van der Waals surface area contributed by atoms with Gasteiger partial charge in [-0.2, -0.15) is 0 Å². The number of carbonyl (C=O) groups is 1. The molecule has 0 saturated carbocycles. The van der Waals surface area contributed by atoms with Crippen molar-refractivity contribution < 1.29 is 22.7 Å². The minimum Gasteiger partial charge on any atom is -0.493 e. The van der Waals surface area contributed by atoms with E-state index < -0.39 is 15.8 Å². The molecular formula is C14H16O5S2. The maximum absolute atomic E-state index is 12.0. The summed E-state index contributed by atoms with van der Waals surface area (Å²) in [6, 6.07) is 5.13. The topological polar surface area (TPSA) is 69.7 Å². The van der Waals surface area contributed by atoms with E-state index in [0.717, 1.165) is 17.6 Å². The van der Waals surface area contributed by atoms with Crippen LogP contribution in [0.4, 0.5) is 0 Å². The van der Waals surface area contributed by atoms with Crippen LogP contribution in [0.2, 0.25) is 0 Å². The molecule has 0 radical (unpaired) electrons. The molecule has 0 N–H and O–H groups in total. The molecule has 0 aliphatic carbocycles. The minimum atomic E-state index is -3.47. The number of thiophene rings is 1. The molecule has 7 heteroatoms. The maximum Gasteiger partial charge on any atom is 0.348 e. The number of sulfone groups is 1. The fourth-order valence-electron chi connectivity index (χ4n) is 2.01. The second-order valence-electron chi connectivity index (χ2n) is 4.32. The lowest BCUT2D eigenvalue weighted by Gasteiger charge is -2.06. The summed E-state index contributed by atoms with van der Waals surface area (Å²) in [5.41, 5.74) is 0. The lowest BCUT2D eigenvalue weighted by Crippen LogP contribution is -2.02. The number of esters is 1. The summed E-state index contributed by atoms with van der Waals surface area (Å²) in [5.74, 6) is -0.0572. The molecule has 0 unspecified atom stereocenters. The second-order valence-corrected chi connectivity index (χ2v) is 7.55. The monoisotopic (exact) mass is 328 g/mol. The summed E-state index contributed by atoms with van der Waals surface area (Å²) in [4.78, 5) is 12.3. The Balaban J connectivity index is 2.80. The van der Waals surface area contributed by atoms with Crippen molar-refractivity contribution in [2.24, 2.45) is 0 Å². The number of benzene rings is 1. The zero-order valence-electron chi connectivity index (χ0n) is 12.0. The van der Waals surface area contributed by atoms with E-state index in [2.05, 4.69) is 0 Å². The molecule has 2 aromatic rings. The summed E-state index contributed by atoms with van der Waals surface area (Å²) in [7, 11) is -3.47. The van der Waals surface area contributed by atoms with Gasteiger partial charge in [0.15, 0.2) is 9.84 Å². The normalized spacial score (nSPS) is 11.6. The van der Waals surface area contributed by atoms with Gasteiger partial charge in [-0.05, 0) is 19.9 Å². The Morgan fingerprint density at radius 2 is 1.95 bits per heavy atom. The number of carbonyl (C=O) groups excluding carboxylic acids is 1. The van der Waals surface area contributed by atoms with Crippen molar-refractivity contribution in [2.75, 3.05) is 19.5 Å². The molecule has 114 valence electrons. The van der Waals surface area contributed by atoms with E-state index in [0.29, 0.717) is 23.1 Å². The largest absolute Gasteiger partial charge is 0.493 e. The van der Waals surface area contributed by atoms with Gasteiger partial charge >= 0.3 is 5.97 Å². The van der Waals surface area contributed by atoms with Crippen LogP contribution < -0.4 is 4.74 Å². The van der Waals surface area contributed by atoms with Gasteiger partial charge in [0, 0.05) is 11.6 Å². The van der Waals surface area contributed by atoms with E-state index in [9.17, 15) is 13.2 Å². The predicted octanol–water partition coefficient (Wildman–Crippen LogP) is 2.88. The molecule has 1 aromatic carbocycles. The molecule has 1 heterocycles. The first-order valence-electron chi connectivity index (χ1n) is 6.45. The van der Waals surface area contributed by atoms with Gasteiger partial charge in [-0.15, -0.1) is 11.3 Å². The number of hydrogen-bond acceptors (Lipinski definition) is 6. The minimum absolute atomic E-state index is 0.129. The van der Waals surface area contributed by atoms with Crippen LogP contribution in [0.15, 0.2) is 22.4 Å². The van der Waals surface area contributed by atoms with E-state index in [1.165, 1.54) is 0 Å². The van der Waals surface area contributed by atoms with Gasteiger partial charge in [-0.1, -0.05) is 12.1 Å². The first kappa shape index (κ1) is 15.8. The number of rotatable bonds is 5. The Bertz CT molecular complexity index is 774. The highest BCUT2D eigenvalue weighted by molar-refractivity contribution is 7.93. The third kappa shape index (κ3) is 3.03. The SMILES string of the molecule is CCOC(=O)c1sc(S(C)(=O)=O)c2c(OCC)cccc12. The van der Waals surface area contributed by atoms with Gasteiger partial charge < -0.3 is 9.47 Å². The van der Waals surface area contributed by atoms with Crippen LogP contribution in [0.25, 0.3) is 10.8 Å². The molecular weight excluding hydrogens is 312 g/mol. The van der Waals surface area contributed by atoms with Crippen molar-refractivity contribution >= 4 is 37.9 Å². The van der Waals surface area contributed by atoms with Gasteiger partial charge in [-0.25, -0.2) is 13.2 Å². The molecule has 0 atom stereocenters. The molecule has 1 aromatic heterocycles. The van der Waals surface area contributed by atoms with Crippen LogP contribution in [0.3, 0.4) is 0 Å². The maximum atomic E-state index is 12.0. The molecule has 0 fully saturated rings. The van der Waals surface area contributed by atoms with Crippen LogP contribution in [0.1, 0.15) is 23.5 Å². The summed E-state index contributed by atoms with van der Waals surface area (Å²) < 4.78 is 34.6. The standard InChI is InChI=1S/C14H16O5S2/c1-4-18-10-8-6-7-9-11(10)14(21(3,16)17)20-12(9)13(15)19-5-2/h6-8H,4-5H2,1-3H3. The van der Waals surface area contributed by atoms with Crippen LogP contribution in [-0.4, -0.2) is 33.9 Å². The van der Waals surface area contributed by atoms with Gasteiger partial charge in [0.25, 0.3) is 0 Å². The predicted molar refractivity (Wildman–Crippen MR) is 82.1 cm³/mol. The highest BCUT2D eigenvalue weighted by Gasteiger charge is 2.25. The number of hydrogen-bond donors (Lipinski definition) is 0. The fraction of sp³-hybridized carbons (Fsp3) is 0.357. The summed E-state index contributed by atoms with van der Waals surface area (Å²) >= 11 is 0.925.